The van der Waals surface area contributed by atoms with E-state index < -0.39 is 0 Å². The highest BCUT2D eigenvalue weighted by atomic mass is 16.5. The number of rotatable bonds is 7. The van der Waals surface area contributed by atoms with Gasteiger partial charge in [0, 0.05) is 26.1 Å². The van der Waals surface area contributed by atoms with E-state index in [0.717, 1.165) is 30.2 Å². The molecule has 0 heterocycles. The highest BCUT2D eigenvalue weighted by Crippen LogP contribution is 2.31. The molecule has 0 aliphatic heterocycles. The summed E-state index contributed by atoms with van der Waals surface area (Å²) < 4.78 is 10.5. The molecule has 0 N–H and O–H groups in total. The smallest absolute Gasteiger partial charge is 0.145 e. The Bertz CT molecular complexity index is 404. The van der Waals surface area contributed by atoms with Crippen LogP contribution in [0.25, 0.3) is 0 Å². The number of hydrogen-bond acceptors (Lipinski definition) is 4. The van der Waals surface area contributed by atoms with E-state index >= 15 is 0 Å². The van der Waals surface area contributed by atoms with Gasteiger partial charge < -0.3 is 19.2 Å². The normalized spacial score (nSPS) is 10.0. The van der Waals surface area contributed by atoms with Crippen molar-refractivity contribution in [1.29, 1.82) is 0 Å². The zero-order valence-corrected chi connectivity index (χ0v) is 11.5. The minimum Gasteiger partial charge on any atom is -0.497 e. The number of carbonyl (C=O) groups is 1. The minimum atomic E-state index is 0.227. The summed E-state index contributed by atoms with van der Waals surface area (Å²) in [5.41, 5.74) is 1.00. The number of benzene rings is 1. The topological polar surface area (TPSA) is 38.8 Å². The molecule has 1 aromatic carbocycles. The number of Topliss-reactive ketones (excluding diaryl/α,β-unsaturated/α-hetero) is 1. The molecule has 4 heteroatoms. The van der Waals surface area contributed by atoms with Gasteiger partial charge in [0.15, 0.2) is 0 Å². The Balaban J connectivity index is 2.72. The predicted molar refractivity (Wildman–Crippen MR) is 72.7 cm³/mol. The Morgan fingerprint density at radius 2 is 2.00 bits per heavy atom. The lowest BCUT2D eigenvalue weighted by atomic mass is 10.2. The van der Waals surface area contributed by atoms with Crippen LogP contribution in [-0.4, -0.2) is 33.6 Å². The van der Waals surface area contributed by atoms with E-state index in [1.165, 1.54) is 0 Å². The Morgan fingerprint density at radius 3 is 2.56 bits per heavy atom. The molecule has 0 saturated carbocycles. The second-order valence-corrected chi connectivity index (χ2v) is 4.26. The average molecular weight is 251 g/mol. The summed E-state index contributed by atoms with van der Waals surface area (Å²) >= 11 is 0. The van der Waals surface area contributed by atoms with E-state index in [2.05, 4.69) is 4.90 Å². The number of ether oxygens (including phenoxy) is 2. The van der Waals surface area contributed by atoms with Crippen LogP contribution >= 0.6 is 0 Å². The monoisotopic (exact) mass is 251 g/mol. The third-order valence-electron chi connectivity index (χ3n) is 2.82. The molecule has 0 aliphatic carbocycles. The number of nitrogens with zero attached hydrogens (tertiary/aromatic N) is 1. The highest BCUT2D eigenvalue weighted by molar-refractivity contribution is 5.75. The maximum absolute atomic E-state index is 10.9. The summed E-state index contributed by atoms with van der Waals surface area (Å²) in [5.74, 6) is 1.78. The molecule has 0 radical (unpaired) electrons. The van der Waals surface area contributed by atoms with Crippen LogP contribution in [0.1, 0.15) is 19.8 Å². The van der Waals surface area contributed by atoms with Gasteiger partial charge in [-0.1, -0.05) is 0 Å². The van der Waals surface area contributed by atoms with Crippen molar-refractivity contribution in [2.24, 2.45) is 0 Å². The quantitative estimate of drug-likeness (QED) is 0.746. The van der Waals surface area contributed by atoms with E-state index in [-0.39, 0.29) is 5.78 Å². The SMILES string of the molecule is COc1ccc(N(C)CCCC(C)=O)c(OC)c1. The number of ketones is 1. The van der Waals surface area contributed by atoms with Crippen molar-refractivity contribution in [3.63, 3.8) is 0 Å². The molecule has 0 unspecified atom stereocenters. The second kappa shape index (κ2) is 6.89. The van der Waals surface area contributed by atoms with Crippen LogP contribution in [0, 0.1) is 0 Å². The minimum absolute atomic E-state index is 0.227. The van der Waals surface area contributed by atoms with E-state index in [1.807, 2.05) is 25.2 Å². The summed E-state index contributed by atoms with van der Waals surface area (Å²) in [6.07, 6.45) is 1.46. The molecular weight excluding hydrogens is 230 g/mol. The van der Waals surface area contributed by atoms with Gasteiger partial charge in [-0.05, 0) is 25.5 Å². The molecule has 1 rings (SSSR count). The third kappa shape index (κ3) is 3.95. The number of anilines is 1. The molecule has 0 atom stereocenters. The van der Waals surface area contributed by atoms with Crippen LogP contribution < -0.4 is 14.4 Å². The van der Waals surface area contributed by atoms with Crippen LogP contribution in [0.3, 0.4) is 0 Å². The summed E-state index contributed by atoms with van der Waals surface area (Å²) in [4.78, 5) is 13.0. The molecule has 0 amide bonds. The van der Waals surface area contributed by atoms with Gasteiger partial charge in [-0.2, -0.15) is 0 Å². The van der Waals surface area contributed by atoms with Crippen molar-refractivity contribution in [1.82, 2.24) is 0 Å². The zero-order valence-electron chi connectivity index (χ0n) is 11.5. The average Bonchev–Trinajstić information content (AvgIpc) is 2.37. The molecule has 0 bridgehead atoms. The fourth-order valence-corrected chi connectivity index (χ4v) is 1.79. The molecule has 18 heavy (non-hydrogen) atoms. The molecule has 1 aromatic rings. The molecule has 0 fully saturated rings. The summed E-state index contributed by atoms with van der Waals surface area (Å²) in [5, 5.41) is 0. The number of hydrogen-bond donors (Lipinski definition) is 0. The fraction of sp³-hybridized carbons (Fsp3) is 0.500. The van der Waals surface area contributed by atoms with Crippen LogP contribution in [-0.2, 0) is 4.79 Å². The molecule has 4 nitrogen and oxygen atoms in total. The first-order valence-corrected chi connectivity index (χ1v) is 6.01. The van der Waals surface area contributed by atoms with Crippen LogP contribution in [0.2, 0.25) is 0 Å². The lowest BCUT2D eigenvalue weighted by Gasteiger charge is -2.22. The molecular formula is C14H21NO3. The van der Waals surface area contributed by atoms with Gasteiger partial charge in [-0.3, -0.25) is 0 Å². The first-order valence-electron chi connectivity index (χ1n) is 6.01. The van der Waals surface area contributed by atoms with Crippen molar-refractivity contribution in [3.8, 4) is 11.5 Å². The van der Waals surface area contributed by atoms with Crippen LogP contribution in [0.4, 0.5) is 5.69 Å². The molecule has 0 spiro atoms. The Labute approximate surface area is 108 Å². The maximum Gasteiger partial charge on any atom is 0.145 e. The highest BCUT2D eigenvalue weighted by Gasteiger charge is 2.09. The Morgan fingerprint density at radius 1 is 1.28 bits per heavy atom. The van der Waals surface area contributed by atoms with Gasteiger partial charge in [0.2, 0.25) is 0 Å². The summed E-state index contributed by atoms with van der Waals surface area (Å²) in [6, 6.07) is 5.72. The maximum atomic E-state index is 10.9. The largest absolute Gasteiger partial charge is 0.497 e. The molecule has 0 aliphatic rings. The standard InChI is InChI=1S/C14H21NO3/c1-11(16)6-5-9-15(2)13-8-7-12(17-3)10-14(13)18-4/h7-8,10H,5-6,9H2,1-4H3. The summed E-state index contributed by atoms with van der Waals surface area (Å²) in [6.45, 7) is 2.44. The Kier molecular flexibility index (Phi) is 5.49. The fourth-order valence-electron chi connectivity index (χ4n) is 1.79. The van der Waals surface area contributed by atoms with Crippen molar-refractivity contribution in [3.05, 3.63) is 18.2 Å². The van der Waals surface area contributed by atoms with Gasteiger partial charge in [0.25, 0.3) is 0 Å². The number of carbonyl (C=O) groups excluding carboxylic acids is 1. The number of methoxy groups -OCH3 is 2. The van der Waals surface area contributed by atoms with Gasteiger partial charge >= 0.3 is 0 Å². The van der Waals surface area contributed by atoms with E-state index in [1.54, 1.807) is 21.1 Å². The van der Waals surface area contributed by atoms with Crippen LogP contribution in [0.5, 0.6) is 11.5 Å². The summed E-state index contributed by atoms with van der Waals surface area (Å²) in [7, 11) is 5.26. The van der Waals surface area contributed by atoms with Crippen LogP contribution in [0.15, 0.2) is 18.2 Å². The zero-order chi connectivity index (χ0) is 13.5. The first-order chi connectivity index (χ1) is 8.58. The second-order valence-electron chi connectivity index (χ2n) is 4.26. The lowest BCUT2D eigenvalue weighted by molar-refractivity contribution is -0.117. The van der Waals surface area contributed by atoms with E-state index in [4.69, 9.17) is 9.47 Å². The Hall–Kier alpha value is -1.71. The van der Waals surface area contributed by atoms with E-state index in [0.29, 0.717) is 6.42 Å². The first kappa shape index (κ1) is 14.4. The molecule has 0 saturated heterocycles. The molecule has 100 valence electrons. The van der Waals surface area contributed by atoms with Gasteiger partial charge in [0.1, 0.15) is 17.3 Å². The lowest BCUT2D eigenvalue weighted by Crippen LogP contribution is -2.19. The van der Waals surface area contributed by atoms with Crippen molar-refractivity contribution in [2.75, 3.05) is 32.7 Å². The molecule has 0 aromatic heterocycles. The third-order valence-corrected chi connectivity index (χ3v) is 2.82. The van der Waals surface area contributed by atoms with Crippen molar-refractivity contribution >= 4 is 11.5 Å². The van der Waals surface area contributed by atoms with Crippen molar-refractivity contribution in [2.45, 2.75) is 19.8 Å². The van der Waals surface area contributed by atoms with Gasteiger partial charge in [0.05, 0.1) is 19.9 Å². The van der Waals surface area contributed by atoms with E-state index in [9.17, 15) is 4.79 Å². The van der Waals surface area contributed by atoms with Crippen molar-refractivity contribution < 1.29 is 14.3 Å². The predicted octanol–water partition coefficient (Wildman–Crippen LogP) is 2.51. The van der Waals surface area contributed by atoms with Gasteiger partial charge in [-0.15, -0.1) is 0 Å². The van der Waals surface area contributed by atoms with Gasteiger partial charge in [-0.25, -0.2) is 0 Å².